The molecule has 2 N–H and O–H groups in total. The van der Waals surface area contributed by atoms with Crippen LogP contribution in [0.25, 0.3) is 11.4 Å². The minimum absolute atomic E-state index is 0.0000124. The molecule has 1 heterocycles. The van der Waals surface area contributed by atoms with Crippen LogP contribution >= 0.6 is 0 Å². The zero-order valence-electron chi connectivity index (χ0n) is 9.81. The van der Waals surface area contributed by atoms with Gasteiger partial charge in [0.2, 0.25) is 0 Å². The Morgan fingerprint density at radius 1 is 1.28 bits per heavy atom. The fraction of sp³-hybridized carbons (Fsp3) is 0.300. The fourth-order valence-corrected chi connectivity index (χ4v) is 1.95. The van der Waals surface area contributed by atoms with Crippen LogP contribution in [0.1, 0.15) is 0 Å². The summed E-state index contributed by atoms with van der Waals surface area (Å²) in [4.78, 5) is 0. The van der Waals surface area contributed by atoms with Gasteiger partial charge in [0.25, 0.3) is 0 Å². The van der Waals surface area contributed by atoms with Gasteiger partial charge in [0.05, 0.1) is 12.3 Å². The summed E-state index contributed by atoms with van der Waals surface area (Å²) in [5.41, 5.74) is 7.04. The van der Waals surface area contributed by atoms with E-state index in [2.05, 4.69) is 15.5 Å². The number of aromatic nitrogens is 4. The van der Waals surface area contributed by atoms with Crippen LogP contribution < -0.4 is 5.73 Å². The number of sulfone groups is 1. The summed E-state index contributed by atoms with van der Waals surface area (Å²) < 4.78 is 23.7. The minimum atomic E-state index is -3.04. The van der Waals surface area contributed by atoms with Crippen LogP contribution in [0.5, 0.6) is 0 Å². The fourth-order valence-electron chi connectivity index (χ4n) is 1.45. The highest BCUT2D eigenvalue weighted by Gasteiger charge is 2.11. The first-order valence-electron chi connectivity index (χ1n) is 5.25. The molecule has 0 saturated carbocycles. The normalized spacial score (nSPS) is 11.6. The third-order valence-corrected chi connectivity index (χ3v) is 3.30. The molecule has 0 aliphatic rings. The monoisotopic (exact) mass is 267 g/mol. The first-order chi connectivity index (χ1) is 8.46. The van der Waals surface area contributed by atoms with E-state index in [1.165, 1.54) is 10.9 Å². The topological polar surface area (TPSA) is 104 Å². The lowest BCUT2D eigenvalue weighted by Gasteiger charge is -2.04. The predicted molar refractivity (Wildman–Crippen MR) is 67.4 cm³/mol. The van der Waals surface area contributed by atoms with Gasteiger partial charge in [0, 0.05) is 17.5 Å². The van der Waals surface area contributed by atoms with Gasteiger partial charge in [-0.3, -0.25) is 0 Å². The number of rotatable bonds is 4. The molecule has 8 heteroatoms. The van der Waals surface area contributed by atoms with Crippen molar-refractivity contribution in [1.29, 1.82) is 0 Å². The summed E-state index contributed by atoms with van der Waals surface area (Å²) in [6.45, 7) is 0.228. The molecule has 0 spiro atoms. The zero-order valence-corrected chi connectivity index (χ0v) is 10.6. The number of nitrogen functional groups attached to an aromatic ring is 1. The van der Waals surface area contributed by atoms with E-state index in [4.69, 9.17) is 5.73 Å². The van der Waals surface area contributed by atoms with E-state index in [1.54, 1.807) is 24.3 Å². The quantitative estimate of drug-likeness (QED) is 0.780. The Morgan fingerprint density at radius 2 is 1.94 bits per heavy atom. The first kappa shape index (κ1) is 12.5. The van der Waals surface area contributed by atoms with Gasteiger partial charge in [-0.15, -0.1) is 5.10 Å². The number of anilines is 1. The molecule has 7 nitrogen and oxygen atoms in total. The van der Waals surface area contributed by atoms with Gasteiger partial charge < -0.3 is 5.73 Å². The van der Waals surface area contributed by atoms with Crippen molar-refractivity contribution in [3.05, 3.63) is 24.3 Å². The van der Waals surface area contributed by atoms with Crippen molar-refractivity contribution >= 4 is 15.5 Å². The molecule has 0 aliphatic carbocycles. The van der Waals surface area contributed by atoms with Crippen molar-refractivity contribution < 1.29 is 8.42 Å². The average Bonchev–Trinajstić information content (AvgIpc) is 2.75. The number of hydrogen-bond donors (Lipinski definition) is 1. The van der Waals surface area contributed by atoms with E-state index in [9.17, 15) is 8.42 Å². The Labute approximate surface area is 105 Å². The van der Waals surface area contributed by atoms with Crippen LogP contribution in [0.4, 0.5) is 5.69 Å². The Bertz CT molecular complexity index is 633. The summed E-state index contributed by atoms with van der Waals surface area (Å²) in [6, 6.07) is 7.06. The molecule has 0 amide bonds. The van der Waals surface area contributed by atoms with E-state index >= 15 is 0 Å². The molecule has 0 radical (unpaired) electrons. The molecule has 0 bridgehead atoms. The summed E-state index contributed by atoms with van der Waals surface area (Å²) in [6.07, 6.45) is 1.18. The highest BCUT2D eigenvalue weighted by molar-refractivity contribution is 7.90. The average molecular weight is 267 g/mol. The SMILES string of the molecule is CS(=O)(=O)CCn1nnnc1-c1ccc(N)cc1. The second-order valence-electron chi connectivity index (χ2n) is 3.98. The number of benzene rings is 1. The van der Waals surface area contributed by atoms with E-state index in [0.717, 1.165) is 5.56 Å². The summed E-state index contributed by atoms with van der Waals surface area (Å²) in [5, 5.41) is 11.2. The zero-order chi connectivity index (χ0) is 13.2. The van der Waals surface area contributed by atoms with Crippen LogP contribution in [-0.2, 0) is 16.4 Å². The van der Waals surface area contributed by atoms with Crippen molar-refractivity contribution in [2.45, 2.75) is 6.54 Å². The number of nitrogens with zero attached hydrogens (tertiary/aromatic N) is 4. The van der Waals surface area contributed by atoms with Gasteiger partial charge in [-0.2, -0.15) is 0 Å². The van der Waals surface area contributed by atoms with Crippen LogP contribution in [0.2, 0.25) is 0 Å². The standard InChI is InChI=1S/C10H13N5O2S/c1-18(16,17)7-6-15-10(12-13-14-15)8-2-4-9(11)5-3-8/h2-5H,6-7,11H2,1H3. The lowest BCUT2D eigenvalue weighted by molar-refractivity contribution is 0.581. The molecule has 0 atom stereocenters. The van der Waals surface area contributed by atoms with Gasteiger partial charge in [-0.05, 0) is 34.7 Å². The Morgan fingerprint density at radius 3 is 2.56 bits per heavy atom. The molecular formula is C10H13N5O2S. The molecule has 1 aromatic carbocycles. The Hall–Kier alpha value is -1.96. The minimum Gasteiger partial charge on any atom is -0.399 e. The molecular weight excluding hydrogens is 254 g/mol. The molecule has 0 fully saturated rings. The van der Waals surface area contributed by atoms with Crippen molar-refractivity contribution in [2.24, 2.45) is 0 Å². The van der Waals surface area contributed by atoms with E-state index in [-0.39, 0.29) is 12.3 Å². The second kappa shape index (κ2) is 4.73. The molecule has 2 rings (SSSR count). The van der Waals surface area contributed by atoms with E-state index in [1.807, 2.05) is 0 Å². The second-order valence-corrected chi connectivity index (χ2v) is 6.24. The summed E-state index contributed by atoms with van der Waals surface area (Å²) in [7, 11) is -3.04. The summed E-state index contributed by atoms with van der Waals surface area (Å²) >= 11 is 0. The molecule has 0 unspecified atom stereocenters. The molecule has 0 aliphatic heterocycles. The van der Waals surface area contributed by atoms with E-state index < -0.39 is 9.84 Å². The van der Waals surface area contributed by atoms with Gasteiger partial charge in [-0.1, -0.05) is 0 Å². The number of tetrazole rings is 1. The van der Waals surface area contributed by atoms with Gasteiger partial charge in [0.15, 0.2) is 5.82 Å². The number of hydrogen-bond acceptors (Lipinski definition) is 6. The van der Waals surface area contributed by atoms with Crippen molar-refractivity contribution in [3.8, 4) is 11.4 Å². The van der Waals surface area contributed by atoms with Crippen molar-refractivity contribution in [3.63, 3.8) is 0 Å². The Kier molecular flexibility index (Phi) is 3.28. The van der Waals surface area contributed by atoms with Gasteiger partial charge >= 0.3 is 0 Å². The first-order valence-corrected chi connectivity index (χ1v) is 7.31. The molecule has 1 aromatic heterocycles. The van der Waals surface area contributed by atoms with Gasteiger partial charge in [-0.25, -0.2) is 13.1 Å². The smallest absolute Gasteiger partial charge is 0.182 e. The lowest BCUT2D eigenvalue weighted by atomic mass is 10.2. The Balaban J connectivity index is 2.25. The highest BCUT2D eigenvalue weighted by atomic mass is 32.2. The van der Waals surface area contributed by atoms with Crippen molar-refractivity contribution in [1.82, 2.24) is 20.2 Å². The maximum atomic E-state index is 11.1. The van der Waals surface area contributed by atoms with Gasteiger partial charge in [0.1, 0.15) is 9.84 Å². The molecule has 18 heavy (non-hydrogen) atoms. The third-order valence-electron chi connectivity index (χ3n) is 2.37. The largest absolute Gasteiger partial charge is 0.399 e. The predicted octanol–water partition coefficient (Wildman–Crippen LogP) is -0.0331. The third kappa shape index (κ3) is 3.04. The number of aryl methyl sites for hydroxylation is 1. The van der Waals surface area contributed by atoms with Crippen LogP contribution in [0.3, 0.4) is 0 Å². The maximum absolute atomic E-state index is 11.1. The van der Waals surface area contributed by atoms with Crippen LogP contribution in [0.15, 0.2) is 24.3 Å². The molecule has 96 valence electrons. The highest BCUT2D eigenvalue weighted by Crippen LogP contribution is 2.17. The molecule has 0 saturated heterocycles. The lowest BCUT2D eigenvalue weighted by Crippen LogP contribution is -2.13. The molecule has 2 aromatic rings. The van der Waals surface area contributed by atoms with Crippen LogP contribution in [-0.4, -0.2) is 40.6 Å². The maximum Gasteiger partial charge on any atom is 0.182 e. The van der Waals surface area contributed by atoms with E-state index in [0.29, 0.717) is 11.5 Å². The van der Waals surface area contributed by atoms with Crippen molar-refractivity contribution in [2.75, 3.05) is 17.7 Å². The number of nitrogens with two attached hydrogens (primary N) is 1. The summed E-state index contributed by atoms with van der Waals surface area (Å²) in [5.74, 6) is 0.527. The van der Waals surface area contributed by atoms with Crippen LogP contribution in [0, 0.1) is 0 Å².